The minimum absolute atomic E-state index is 0.0591. The zero-order valence-corrected chi connectivity index (χ0v) is 23.0. The van der Waals surface area contributed by atoms with Crippen LogP contribution in [0.25, 0.3) is 0 Å². The van der Waals surface area contributed by atoms with Crippen molar-refractivity contribution < 1.29 is 55.4 Å². The standard InChI is InChI=1S/C21H30N4O2.2C2HF3O2/c1-14(2)22-21(26)18-12-16-8-10-25(13-17-7-6-15(3)27-17)11-9-19(16)23-20(18)24(4)5;2*3-2(4,5)1(6)7/h6-7,12,14H,8-11,13H2,1-5H3,(H,22,26);2*(H,6,7). The number of aryl methyl sites for hydroxylation is 1. The van der Waals surface area contributed by atoms with E-state index in [1.54, 1.807) is 0 Å². The Balaban J connectivity index is 0.000000497. The third-order valence-electron chi connectivity index (χ3n) is 5.28. The van der Waals surface area contributed by atoms with Crippen LogP contribution in [0.1, 0.15) is 47.0 Å². The monoisotopic (exact) mass is 598 g/mol. The maximum absolute atomic E-state index is 12.7. The highest BCUT2D eigenvalue weighted by atomic mass is 19.4. The van der Waals surface area contributed by atoms with Gasteiger partial charge in [0.05, 0.1) is 12.1 Å². The number of nitrogens with one attached hydrogen (secondary N) is 1. The second-order valence-electron chi connectivity index (χ2n) is 9.38. The third kappa shape index (κ3) is 12.1. The summed E-state index contributed by atoms with van der Waals surface area (Å²) >= 11 is 0. The van der Waals surface area contributed by atoms with E-state index in [9.17, 15) is 31.1 Å². The predicted octanol–water partition coefficient (Wildman–Crippen LogP) is 4.05. The zero-order chi connectivity index (χ0) is 31.7. The number of rotatable bonds is 5. The van der Waals surface area contributed by atoms with Crippen LogP contribution in [0.5, 0.6) is 0 Å². The molecule has 0 bridgehead atoms. The van der Waals surface area contributed by atoms with E-state index in [1.165, 1.54) is 5.56 Å². The number of carboxylic acids is 2. The van der Waals surface area contributed by atoms with Gasteiger partial charge in [-0.1, -0.05) is 0 Å². The fourth-order valence-electron chi connectivity index (χ4n) is 3.47. The Kier molecular flexibility index (Phi) is 12.6. The van der Waals surface area contributed by atoms with Crippen LogP contribution in [-0.4, -0.2) is 83.5 Å². The van der Waals surface area contributed by atoms with Gasteiger partial charge in [-0.3, -0.25) is 9.69 Å². The Morgan fingerprint density at radius 3 is 1.95 bits per heavy atom. The Morgan fingerprint density at radius 2 is 1.54 bits per heavy atom. The number of furan rings is 1. The van der Waals surface area contributed by atoms with E-state index in [4.69, 9.17) is 29.2 Å². The van der Waals surface area contributed by atoms with Crippen molar-refractivity contribution >= 4 is 23.7 Å². The Morgan fingerprint density at radius 1 is 1.02 bits per heavy atom. The van der Waals surface area contributed by atoms with Gasteiger partial charge in [-0.15, -0.1) is 0 Å². The van der Waals surface area contributed by atoms with E-state index in [-0.39, 0.29) is 11.9 Å². The number of fused-ring (bicyclic) bond motifs is 1. The number of nitrogens with zero attached hydrogens (tertiary/aromatic N) is 3. The first kappa shape index (κ1) is 35.2. The van der Waals surface area contributed by atoms with Crippen LogP contribution < -0.4 is 10.2 Å². The van der Waals surface area contributed by atoms with Gasteiger partial charge in [-0.05, 0) is 51.0 Å². The molecule has 0 saturated carbocycles. The molecule has 0 unspecified atom stereocenters. The van der Waals surface area contributed by atoms with Gasteiger partial charge >= 0.3 is 24.3 Å². The lowest BCUT2D eigenvalue weighted by Gasteiger charge is -2.19. The lowest BCUT2D eigenvalue weighted by Crippen LogP contribution is -2.32. The predicted molar refractivity (Wildman–Crippen MR) is 135 cm³/mol. The molecule has 3 N–H and O–H groups in total. The number of halogens is 6. The molecule has 2 aromatic rings. The minimum Gasteiger partial charge on any atom is -0.475 e. The molecule has 230 valence electrons. The van der Waals surface area contributed by atoms with Gasteiger partial charge in [0.1, 0.15) is 17.3 Å². The van der Waals surface area contributed by atoms with Crippen LogP contribution in [0.2, 0.25) is 0 Å². The average molecular weight is 599 g/mol. The van der Waals surface area contributed by atoms with Crippen LogP contribution in [0.4, 0.5) is 32.2 Å². The van der Waals surface area contributed by atoms with E-state index in [0.29, 0.717) is 5.56 Å². The highest BCUT2D eigenvalue weighted by Crippen LogP contribution is 2.24. The molecule has 0 fully saturated rings. The zero-order valence-electron chi connectivity index (χ0n) is 23.0. The topological polar surface area (TPSA) is 136 Å². The number of carbonyl (C=O) groups is 3. The third-order valence-corrected chi connectivity index (χ3v) is 5.28. The quantitative estimate of drug-likeness (QED) is 0.436. The van der Waals surface area contributed by atoms with Crippen molar-refractivity contribution in [3.05, 3.63) is 46.5 Å². The number of anilines is 1. The smallest absolute Gasteiger partial charge is 0.475 e. The molecule has 1 aliphatic heterocycles. The van der Waals surface area contributed by atoms with Crippen LogP contribution in [-0.2, 0) is 29.0 Å². The van der Waals surface area contributed by atoms with E-state index >= 15 is 0 Å². The molecule has 10 nitrogen and oxygen atoms in total. The molecule has 1 aliphatic rings. The van der Waals surface area contributed by atoms with E-state index < -0.39 is 24.3 Å². The molecular weight excluding hydrogens is 566 g/mol. The highest BCUT2D eigenvalue weighted by Gasteiger charge is 2.38. The molecule has 0 radical (unpaired) electrons. The summed E-state index contributed by atoms with van der Waals surface area (Å²) in [6.07, 6.45) is -8.40. The van der Waals surface area contributed by atoms with Crippen molar-refractivity contribution in [1.29, 1.82) is 0 Å². The van der Waals surface area contributed by atoms with Crippen LogP contribution >= 0.6 is 0 Å². The van der Waals surface area contributed by atoms with Crippen molar-refractivity contribution in [2.75, 3.05) is 32.1 Å². The first-order valence-corrected chi connectivity index (χ1v) is 12.1. The summed E-state index contributed by atoms with van der Waals surface area (Å²) in [6, 6.07) is 6.19. The summed E-state index contributed by atoms with van der Waals surface area (Å²) in [7, 11) is 3.87. The second kappa shape index (κ2) is 14.7. The van der Waals surface area contributed by atoms with Gasteiger partial charge in [0.25, 0.3) is 5.91 Å². The average Bonchev–Trinajstić information content (AvgIpc) is 3.13. The summed E-state index contributed by atoms with van der Waals surface area (Å²) < 4.78 is 69.2. The molecule has 1 amide bonds. The summed E-state index contributed by atoms with van der Waals surface area (Å²) in [5.41, 5.74) is 2.92. The van der Waals surface area contributed by atoms with Crippen molar-refractivity contribution in [2.45, 2.75) is 58.6 Å². The van der Waals surface area contributed by atoms with Crippen molar-refractivity contribution in [3.8, 4) is 0 Å². The molecule has 0 spiro atoms. The Bertz CT molecular complexity index is 1170. The van der Waals surface area contributed by atoms with Gasteiger partial charge in [0.2, 0.25) is 0 Å². The lowest BCUT2D eigenvalue weighted by molar-refractivity contribution is -0.193. The fourth-order valence-corrected chi connectivity index (χ4v) is 3.47. The molecule has 0 aromatic carbocycles. The number of amides is 1. The van der Waals surface area contributed by atoms with Crippen LogP contribution in [0, 0.1) is 6.92 Å². The van der Waals surface area contributed by atoms with Gasteiger partial charge in [0, 0.05) is 45.3 Å². The van der Waals surface area contributed by atoms with Gasteiger partial charge < -0.3 is 24.8 Å². The molecule has 3 rings (SSSR count). The number of aliphatic carboxylic acids is 2. The molecule has 0 saturated heterocycles. The summed E-state index contributed by atoms with van der Waals surface area (Å²) in [5.74, 6) is -2.89. The van der Waals surface area contributed by atoms with Crippen LogP contribution in [0.3, 0.4) is 0 Å². The van der Waals surface area contributed by atoms with Crippen molar-refractivity contribution in [1.82, 2.24) is 15.2 Å². The summed E-state index contributed by atoms with van der Waals surface area (Å²) in [6.45, 7) is 8.59. The first-order chi connectivity index (χ1) is 18.7. The Hall–Kier alpha value is -3.82. The van der Waals surface area contributed by atoms with E-state index in [0.717, 1.165) is 55.5 Å². The maximum atomic E-state index is 12.7. The van der Waals surface area contributed by atoms with Gasteiger partial charge in [-0.25, -0.2) is 14.6 Å². The van der Waals surface area contributed by atoms with Crippen molar-refractivity contribution in [2.24, 2.45) is 0 Å². The van der Waals surface area contributed by atoms with Gasteiger partial charge in [0.15, 0.2) is 0 Å². The van der Waals surface area contributed by atoms with E-state index in [2.05, 4.69) is 10.2 Å². The molecule has 16 heteroatoms. The van der Waals surface area contributed by atoms with E-state index in [1.807, 2.05) is 58.0 Å². The van der Waals surface area contributed by atoms with Gasteiger partial charge in [-0.2, -0.15) is 26.3 Å². The number of hydrogen-bond donors (Lipinski definition) is 3. The molecular formula is C25H32F6N4O6. The highest BCUT2D eigenvalue weighted by molar-refractivity contribution is 5.99. The maximum Gasteiger partial charge on any atom is 0.490 e. The first-order valence-electron chi connectivity index (χ1n) is 12.1. The number of pyridine rings is 1. The molecule has 2 aromatic heterocycles. The molecule has 3 heterocycles. The molecule has 41 heavy (non-hydrogen) atoms. The van der Waals surface area contributed by atoms with Crippen molar-refractivity contribution in [3.63, 3.8) is 0 Å². The Labute approximate surface area is 231 Å². The fraction of sp³-hybridized carbons (Fsp3) is 0.520. The summed E-state index contributed by atoms with van der Waals surface area (Å²) in [4.78, 5) is 39.6. The minimum atomic E-state index is -5.08. The summed E-state index contributed by atoms with van der Waals surface area (Å²) in [5, 5.41) is 17.2. The number of carboxylic acid groups (broad SMARTS) is 2. The normalized spacial score (nSPS) is 13.6. The number of carbonyl (C=O) groups excluding carboxylic acids is 1. The number of aromatic nitrogens is 1. The SMILES string of the molecule is Cc1ccc(CN2CCc3cc(C(=O)NC(C)C)c(N(C)C)nc3CC2)o1.O=C(O)C(F)(F)F.O=C(O)C(F)(F)F. The number of alkyl halides is 6. The van der Waals surface area contributed by atoms with Crippen LogP contribution in [0.15, 0.2) is 22.6 Å². The molecule has 0 atom stereocenters. The molecule has 0 aliphatic carbocycles. The lowest BCUT2D eigenvalue weighted by atomic mass is 10.0. The largest absolute Gasteiger partial charge is 0.490 e. The number of hydrogen-bond acceptors (Lipinski definition) is 7. The second-order valence-corrected chi connectivity index (χ2v) is 9.38.